The van der Waals surface area contributed by atoms with Crippen molar-refractivity contribution in [1.29, 1.82) is 0 Å². The van der Waals surface area contributed by atoms with Crippen LogP contribution in [0.1, 0.15) is 12.8 Å². The van der Waals surface area contributed by atoms with E-state index in [-0.39, 0.29) is 0 Å². The zero-order valence-corrected chi connectivity index (χ0v) is 11.8. The van der Waals surface area contributed by atoms with Gasteiger partial charge in [-0.05, 0) is 41.2 Å². The van der Waals surface area contributed by atoms with Gasteiger partial charge in [-0.2, -0.15) is 0 Å². The molecule has 0 amide bonds. The molecule has 0 aliphatic carbocycles. The van der Waals surface area contributed by atoms with Gasteiger partial charge in [0.25, 0.3) is 0 Å². The molecule has 0 aromatic carbocycles. The molecular weight excluding hydrogens is 266 g/mol. The molecule has 2 heterocycles. The van der Waals surface area contributed by atoms with Crippen molar-refractivity contribution in [1.82, 2.24) is 25.2 Å². The molecule has 0 N–H and O–H groups in total. The average molecular weight is 281 g/mol. The van der Waals surface area contributed by atoms with Gasteiger partial charge >= 0.3 is 0 Å². The van der Waals surface area contributed by atoms with Crippen molar-refractivity contribution in [3.63, 3.8) is 0 Å². The maximum absolute atomic E-state index is 4.28. The number of rotatable bonds is 7. The second-order valence-electron chi connectivity index (χ2n) is 3.66. The molecule has 7 heteroatoms. The summed E-state index contributed by atoms with van der Waals surface area (Å²) in [5.74, 6) is 2.16. The van der Waals surface area contributed by atoms with Gasteiger partial charge in [0.05, 0.1) is 5.03 Å². The molecule has 18 heavy (non-hydrogen) atoms. The summed E-state index contributed by atoms with van der Waals surface area (Å²) in [6.07, 6.45) is 4.18. The molecular formula is C11H15N5S2. The van der Waals surface area contributed by atoms with Crippen molar-refractivity contribution in [3.05, 3.63) is 24.4 Å². The number of hydrogen-bond donors (Lipinski definition) is 0. The highest BCUT2D eigenvalue weighted by Gasteiger charge is 2.01. The molecule has 0 bridgehead atoms. The van der Waals surface area contributed by atoms with Crippen molar-refractivity contribution in [2.75, 3.05) is 11.5 Å². The largest absolute Gasteiger partial charge is 0.250 e. The van der Waals surface area contributed by atoms with Crippen LogP contribution in [-0.4, -0.2) is 36.7 Å². The molecule has 0 aliphatic heterocycles. The smallest absolute Gasteiger partial charge is 0.209 e. The Bertz CT molecular complexity index is 459. The fourth-order valence-corrected chi connectivity index (χ4v) is 3.04. The van der Waals surface area contributed by atoms with E-state index in [0.717, 1.165) is 28.1 Å². The van der Waals surface area contributed by atoms with E-state index in [9.17, 15) is 0 Å². The standard InChI is InChI=1S/C11H15N5S2/c1-16-11(13-14-15-16)18-9-5-4-8-17-10-6-2-3-7-12-10/h2-3,6-7H,4-5,8-9H2,1H3. The van der Waals surface area contributed by atoms with E-state index in [1.54, 1.807) is 28.2 Å². The highest BCUT2D eigenvalue weighted by Crippen LogP contribution is 2.18. The van der Waals surface area contributed by atoms with Gasteiger partial charge < -0.3 is 0 Å². The first kappa shape index (κ1) is 13.4. The first-order valence-corrected chi connectivity index (χ1v) is 7.72. The molecule has 0 aliphatic rings. The summed E-state index contributed by atoms with van der Waals surface area (Å²) in [7, 11) is 1.86. The average Bonchev–Trinajstić information content (AvgIpc) is 2.81. The predicted molar refractivity (Wildman–Crippen MR) is 73.7 cm³/mol. The molecule has 5 nitrogen and oxygen atoms in total. The number of aromatic nitrogens is 5. The van der Waals surface area contributed by atoms with Crippen LogP contribution in [-0.2, 0) is 7.05 Å². The second-order valence-corrected chi connectivity index (χ2v) is 5.83. The lowest BCUT2D eigenvalue weighted by molar-refractivity contribution is 0.664. The van der Waals surface area contributed by atoms with E-state index in [2.05, 4.69) is 20.5 Å². The summed E-state index contributed by atoms with van der Waals surface area (Å²) >= 11 is 3.51. The van der Waals surface area contributed by atoms with Crippen molar-refractivity contribution >= 4 is 23.5 Å². The summed E-state index contributed by atoms with van der Waals surface area (Å²) < 4.78 is 1.70. The Hall–Kier alpha value is -1.08. The van der Waals surface area contributed by atoms with E-state index in [1.165, 1.54) is 6.42 Å². The van der Waals surface area contributed by atoms with Crippen LogP contribution in [0.4, 0.5) is 0 Å². The Morgan fingerprint density at radius 3 is 2.67 bits per heavy atom. The third-order valence-electron chi connectivity index (χ3n) is 2.24. The van der Waals surface area contributed by atoms with Crippen LogP contribution in [0.2, 0.25) is 0 Å². The molecule has 96 valence electrons. The Labute approximate surface area is 115 Å². The van der Waals surface area contributed by atoms with Crippen molar-refractivity contribution < 1.29 is 0 Å². The first-order chi connectivity index (χ1) is 8.86. The fourth-order valence-electron chi connectivity index (χ4n) is 1.32. The molecule has 0 saturated heterocycles. The number of pyridine rings is 1. The summed E-state index contributed by atoms with van der Waals surface area (Å²) in [6.45, 7) is 0. The van der Waals surface area contributed by atoms with Crippen LogP contribution in [0.5, 0.6) is 0 Å². The zero-order valence-electron chi connectivity index (χ0n) is 10.2. The normalized spacial score (nSPS) is 10.7. The lowest BCUT2D eigenvalue weighted by Crippen LogP contribution is -1.94. The van der Waals surface area contributed by atoms with Gasteiger partial charge in [0.15, 0.2) is 0 Å². The third-order valence-corrected chi connectivity index (χ3v) is 4.37. The van der Waals surface area contributed by atoms with Crippen LogP contribution in [0.15, 0.2) is 34.6 Å². The lowest BCUT2D eigenvalue weighted by atomic mass is 10.4. The predicted octanol–water partition coefficient (Wildman–Crippen LogP) is 2.27. The van der Waals surface area contributed by atoms with E-state index in [4.69, 9.17) is 0 Å². The van der Waals surface area contributed by atoms with Crippen molar-refractivity contribution in [2.45, 2.75) is 23.0 Å². The highest BCUT2D eigenvalue weighted by molar-refractivity contribution is 7.99. The van der Waals surface area contributed by atoms with E-state index in [1.807, 2.05) is 31.4 Å². The van der Waals surface area contributed by atoms with E-state index < -0.39 is 0 Å². The van der Waals surface area contributed by atoms with Crippen LogP contribution in [0, 0.1) is 0 Å². The minimum absolute atomic E-state index is 0.882. The van der Waals surface area contributed by atoms with Crippen LogP contribution >= 0.6 is 23.5 Å². The topological polar surface area (TPSA) is 56.5 Å². The third kappa shape index (κ3) is 4.30. The Morgan fingerprint density at radius 2 is 2.00 bits per heavy atom. The number of tetrazole rings is 1. The molecule has 0 saturated carbocycles. The van der Waals surface area contributed by atoms with Gasteiger partial charge in [-0.15, -0.1) is 16.9 Å². The number of thioether (sulfide) groups is 2. The van der Waals surface area contributed by atoms with Crippen LogP contribution < -0.4 is 0 Å². The van der Waals surface area contributed by atoms with Crippen LogP contribution in [0.25, 0.3) is 0 Å². The van der Waals surface area contributed by atoms with Crippen molar-refractivity contribution in [3.8, 4) is 0 Å². The number of unbranched alkanes of at least 4 members (excludes halogenated alkanes) is 1. The summed E-state index contributed by atoms with van der Waals surface area (Å²) in [6, 6.07) is 6.01. The van der Waals surface area contributed by atoms with Crippen molar-refractivity contribution in [2.24, 2.45) is 7.05 Å². The van der Waals surface area contributed by atoms with Gasteiger partial charge in [-0.1, -0.05) is 17.8 Å². The van der Waals surface area contributed by atoms with E-state index >= 15 is 0 Å². The van der Waals surface area contributed by atoms with Crippen LogP contribution in [0.3, 0.4) is 0 Å². The Kier molecular flexibility index (Phi) is 5.47. The van der Waals surface area contributed by atoms with Gasteiger partial charge in [-0.3, -0.25) is 0 Å². The minimum Gasteiger partial charge on any atom is -0.250 e. The second kappa shape index (κ2) is 7.38. The highest BCUT2D eigenvalue weighted by atomic mass is 32.2. The lowest BCUT2D eigenvalue weighted by Gasteiger charge is -2.01. The molecule has 2 aromatic heterocycles. The minimum atomic E-state index is 0.882. The SMILES string of the molecule is Cn1nnnc1SCCCCSc1ccccn1. The summed E-state index contributed by atoms with van der Waals surface area (Å²) in [5.41, 5.74) is 0. The van der Waals surface area contributed by atoms with Gasteiger partial charge in [0, 0.05) is 19.0 Å². The number of aryl methyl sites for hydroxylation is 1. The summed E-state index contributed by atoms with van der Waals surface area (Å²) in [5, 5.41) is 13.3. The summed E-state index contributed by atoms with van der Waals surface area (Å²) in [4.78, 5) is 4.28. The molecule has 2 rings (SSSR count). The maximum Gasteiger partial charge on any atom is 0.209 e. The van der Waals surface area contributed by atoms with E-state index in [0.29, 0.717) is 0 Å². The van der Waals surface area contributed by atoms with Gasteiger partial charge in [-0.25, -0.2) is 9.67 Å². The molecule has 0 fully saturated rings. The number of hydrogen-bond acceptors (Lipinski definition) is 6. The molecule has 2 aromatic rings. The maximum atomic E-state index is 4.28. The monoisotopic (exact) mass is 281 g/mol. The number of nitrogens with zero attached hydrogens (tertiary/aromatic N) is 5. The van der Waals surface area contributed by atoms with Gasteiger partial charge in [0.1, 0.15) is 0 Å². The Balaban J connectivity index is 1.56. The molecule has 0 spiro atoms. The fraction of sp³-hybridized carbons (Fsp3) is 0.455. The van der Waals surface area contributed by atoms with Gasteiger partial charge in [0.2, 0.25) is 5.16 Å². The molecule has 0 atom stereocenters. The first-order valence-electron chi connectivity index (χ1n) is 5.75. The quantitative estimate of drug-likeness (QED) is 0.573. The Morgan fingerprint density at radius 1 is 1.17 bits per heavy atom. The zero-order chi connectivity index (χ0) is 12.6. The molecule has 0 unspecified atom stereocenters. The molecule has 0 radical (unpaired) electrons.